The molecule has 3 rings (SSSR count). The minimum absolute atomic E-state index is 0.0950. The van der Waals surface area contributed by atoms with Gasteiger partial charge in [-0.2, -0.15) is 0 Å². The first-order valence-corrected chi connectivity index (χ1v) is 10.5. The molecule has 0 radical (unpaired) electrons. The van der Waals surface area contributed by atoms with E-state index in [2.05, 4.69) is 10.3 Å². The number of nitrogens with zero attached hydrogens (tertiary/aromatic N) is 2. The number of anilines is 1. The first-order chi connectivity index (χ1) is 15.1. The van der Waals surface area contributed by atoms with Crippen molar-refractivity contribution in [2.75, 3.05) is 18.4 Å². The van der Waals surface area contributed by atoms with Crippen LogP contribution in [0.5, 0.6) is 0 Å². The quantitative estimate of drug-likeness (QED) is 0.370. The maximum Gasteiger partial charge on any atom is 0.326 e. The highest BCUT2D eigenvalue weighted by Gasteiger charge is 2.19. The van der Waals surface area contributed by atoms with Crippen molar-refractivity contribution >= 4 is 23.4 Å². The van der Waals surface area contributed by atoms with E-state index in [0.717, 1.165) is 18.4 Å². The van der Waals surface area contributed by atoms with E-state index < -0.39 is 11.5 Å². The fourth-order valence-electron chi connectivity index (χ4n) is 3.07. The van der Waals surface area contributed by atoms with Crippen LogP contribution in [0.15, 0.2) is 65.5 Å². The van der Waals surface area contributed by atoms with Gasteiger partial charge in [0.15, 0.2) is 11.0 Å². The van der Waals surface area contributed by atoms with Crippen molar-refractivity contribution in [1.82, 2.24) is 9.55 Å². The summed E-state index contributed by atoms with van der Waals surface area (Å²) in [6.45, 7) is 0.937. The second-order valence-corrected chi connectivity index (χ2v) is 7.28. The average Bonchev–Trinajstić information content (AvgIpc) is 2.79. The third-order valence-electron chi connectivity index (χ3n) is 4.62. The summed E-state index contributed by atoms with van der Waals surface area (Å²) in [6.07, 6.45) is 1.61. The predicted molar refractivity (Wildman–Crippen MR) is 122 cm³/mol. The lowest BCUT2D eigenvalue weighted by Gasteiger charge is -2.16. The zero-order valence-electron chi connectivity index (χ0n) is 17.1. The molecule has 0 aliphatic rings. The molecule has 162 valence electrons. The third kappa shape index (κ3) is 6.16. The zero-order chi connectivity index (χ0) is 22.1. The Kier molecular flexibility index (Phi) is 8.20. The van der Waals surface area contributed by atoms with Crippen molar-refractivity contribution in [1.29, 1.82) is 0 Å². The number of nitrogens with two attached hydrogens (primary N) is 1. The highest BCUT2D eigenvalue weighted by Crippen LogP contribution is 2.26. The molecule has 7 nitrogen and oxygen atoms in total. The lowest BCUT2D eigenvalue weighted by Crippen LogP contribution is -2.30. The van der Waals surface area contributed by atoms with Gasteiger partial charge in [-0.15, -0.1) is 0 Å². The van der Waals surface area contributed by atoms with Crippen molar-refractivity contribution in [2.24, 2.45) is 5.73 Å². The maximum atomic E-state index is 13.1. The minimum atomic E-state index is -0.542. The lowest BCUT2D eigenvalue weighted by atomic mass is 10.1. The smallest absolute Gasteiger partial charge is 0.326 e. The number of hydrogen-bond acceptors (Lipinski definition) is 6. The van der Waals surface area contributed by atoms with Gasteiger partial charge in [0.2, 0.25) is 0 Å². The average molecular weight is 441 g/mol. The number of benzene rings is 2. The first-order valence-electron chi connectivity index (χ1n) is 10.1. The normalized spacial score (nSPS) is 10.6. The van der Waals surface area contributed by atoms with Crippen molar-refractivity contribution in [3.63, 3.8) is 0 Å². The molecule has 31 heavy (non-hydrogen) atoms. The van der Waals surface area contributed by atoms with E-state index in [0.29, 0.717) is 24.3 Å². The van der Waals surface area contributed by atoms with Gasteiger partial charge in [0, 0.05) is 12.1 Å². The van der Waals surface area contributed by atoms with Gasteiger partial charge in [-0.3, -0.25) is 14.2 Å². The molecule has 0 fully saturated rings. The maximum absolute atomic E-state index is 13.1. The molecule has 3 N–H and O–H groups in total. The Labute approximate surface area is 185 Å². The Bertz CT molecular complexity index is 1060. The molecule has 0 saturated carbocycles. The molecule has 3 aromatic rings. The Morgan fingerprint density at radius 2 is 1.74 bits per heavy atom. The van der Waals surface area contributed by atoms with Crippen molar-refractivity contribution in [3.05, 3.63) is 81.7 Å². The van der Waals surface area contributed by atoms with E-state index in [4.69, 9.17) is 22.1 Å². The van der Waals surface area contributed by atoms with Crippen LogP contribution in [0.1, 0.15) is 18.4 Å². The SMILES string of the molecule is NCCCCNc1nc(Cl)c(-c2ccccc2)n(CC(=O)OCc2ccccc2)c1=O. The Hall–Kier alpha value is -3.16. The van der Waals surface area contributed by atoms with Gasteiger partial charge < -0.3 is 15.8 Å². The summed E-state index contributed by atoms with van der Waals surface area (Å²) >= 11 is 6.45. The van der Waals surface area contributed by atoms with Crippen LogP contribution in [0, 0.1) is 0 Å². The van der Waals surface area contributed by atoms with Crippen LogP contribution in [0.3, 0.4) is 0 Å². The van der Waals surface area contributed by atoms with Crippen LogP contribution in [-0.4, -0.2) is 28.6 Å². The number of esters is 1. The van der Waals surface area contributed by atoms with E-state index in [-0.39, 0.29) is 24.1 Å². The number of hydrogen-bond donors (Lipinski definition) is 2. The molecule has 1 heterocycles. The molecule has 0 aliphatic heterocycles. The summed E-state index contributed by atoms with van der Waals surface area (Å²) in [5.74, 6) is -0.447. The lowest BCUT2D eigenvalue weighted by molar-refractivity contribution is -0.145. The van der Waals surface area contributed by atoms with E-state index in [1.807, 2.05) is 60.7 Å². The number of carbonyl (C=O) groups is 1. The molecule has 0 aliphatic carbocycles. The standard InChI is InChI=1S/C23H25ClN4O3/c24-21-20(18-11-5-2-6-12-18)28(23(30)22(27-21)26-14-8-7-13-25)15-19(29)31-16-17-9-3-1-4-10-17/h1-6,9-12H,7-8,13-16,25H2,(H,26,27). The van der Waals surface area contributed by atoms with E-state index in [9.17, 15) is 9.59 Å². The summed E-state index contributed by atoms with van der Waals surface area (Å²) in [5, 5.41) is 3.13. The number of aromatic nitrogens is 2. The summed E-state index contributed by atoms with van der Waals surface area (Å²) in [6, 6.07) is 18.5. The van der Waals surface area contributed by atoms with E-state index in [1.165, 1.54) is 4.57 Å². The van der Waals surface area contributed by atoms with Crippen molar-refractivity contribution in [2.45, 2.75) is 26.0 Å². The fourth-order valence-corrected chi connectivity index (χ4v) is 3.36. The number of rotatable bonds is 10. The minimum Gasteiger partial charge on any atom is -0.459 e. The van der Waals surface area contributed by atoms with E-state index in [1.54, 1.807) is 0 Å². The van der Waals surface area contributed by atoms with Gasteiger partial charge in [-0.1, -0.05) is 72.3 Å². The largest absolute Gasteiger partial charge is 0.459 e. The Balaban J connectivity index is 1.88. The highest BCUT2D eigenvalue weighted by molar-refractivity contribution is 6.32. The first kappa shape index (κ1) is 22.5. The topological polar surface area (TPSA) is 99.2 Å². The van der Waals surface area contributed by atoms with Crippen molar-refractivity contribution < 1.29 is 9.53 Å². The van der Waals surface area contributed by atoms with Crippen LogP contribution >= 0.6 is 11.6 Å². The molecule has 1 aromatic heterocycles. The van der Waals surface area contributed by atoms with Crippen molar-refractivity contribution in [3.8, 4) is 11.3 Å². The predicted octanol–water partition coefficient (Wildman–Crippen LogP) is 3.46. The second kappa shape index (κ2) is 11.3. The number of ether oxygens (including phenoxy) is 1. The van der Waals surface area contributed by atoms with E-state index >= 15 is 0 Å². The molecule has 0 saturated heterocycles. The highest BCUT2D eigenvalue weighted by atomic mass is 35.5. The Morgan fingerprint density at radius 3 is 2.42 bits per heavy atom. The summed E-state index contributed by atoms with van der Waals surface area (Å²) in [5.41, 5.74) is 6.99. The van der Waals surface area contributed by atoms with Crippen LogP contribution in [0.25, 0.3) is 11.3 Å². The van der Waals surface area contributed by atoms with Crippen LogP contribution in [0.4, 0.5) is 5.82 Å². The monoisotopic (exact) mass is 440 g/mol. The Morgan fingerprint density at radius 1 is 1.06 bits per heavy atom. The van der Waals surface area contributed by atoms with Gasteiger partial charge in [0.05, 0.1) is 5.69 Å². The van der Waals surface area contributed by atoms with Crippen LogP contribution in [0.2, 0.25) is 5.15 Å². The molecular weight excluding hydrogens is 416 g/mol. The van der Waals surface area contributed by atoms with Gasteiger partial charge in [0.1, 0.15) is 13.2 Å². The molecular formula is C23H25ClN4O3. The summed E-state index contributed by atoms with van der Waals surface area (Å²) in [4.78, 5) is 29.9. The zero-order valence-corrected chi connectivity index (χ0v) is 17.8. The molecule has 0 spiro atoms. The summed E-state index contributed by atoms with van der Waals surface area (Å²) < 4.78 is 6.68. The molecule has 8 heteroatoms. The number of halogens is 1. The third-order valence-corrected chi connectivity index (χ3v) is 4.89. The van der Waals surface area contributed by atoms with Gasteiger partial charge in [-0.25, -0.2) is 4.98 Å². The molecule has 0 atom stereocenters. The van der Waals surface area contributed by atoms with Crippen LogP contribution in [-0.2, 0) is 22.7 Å². The van der Waals surface area contributed by atoms with Crippen LogP contribution < -0.4 is 16.6 Å². The number of nitrogens with one attached hydrogen (secondary N) is 1. The molecule has 0 amide bonds. The second-order valence-electron chi connectivity index (χ2n) is 6.93. The number of carbonyl (C=O) groups excluding carboxylic acids is 1. The molecule has 2 aromatic carbocycles. The number of unbranched alkanes of at least 4 members (excludes halogenated alkanes) is 1. The van der Waals surface area contributed by atoms with Gasteiger partial charge in [0.25, 0.3) is 5.56 Å². The van der Waals surface area contributed by atoms with Gasteiger partial charge >= 0.3 is 5.97 Å². The summed E-state index contributed by atoms with van der Waals surface area (Å²) in [7, 11) is 0. The van der Waals surface area contributed by atoms with Gasteiger partial charge in [-0.05, 0) is 24.9 Å². The molecule has 0 unspecified atom stereocenters. The molecule has 0 bridgehead atoms. The fraction of sp³-hybridized carbons (Fsp3) is 0.261.